The van der Waals surface area contributed by atoms with Crippen molar-refractivity contribution in [2.45, 2.75) is 341 Å². The van der Waals surface area contributed by atoms with Gasteiger partial charge in [0, 0.05) is 19.3 Å². The Balaban J connectivity index is 3.97. The minimum absolute atomic E-state index is 0.0737. The van der Waals surface area contributed by atoms with Crippen LogP contribution >= 0.6 is 0 Å². The zero-order chi connectivity index (χ0) is 49.3. The average Bonchev–Trinajstić information content (AvgIpc) is 3.34. The number of hydrogen-bond acceptors (Lipinski definition) is 6. The second-order valence-corrected chi connectivity index (χ2v) is 20.6. The normalized spacial score (nSPS) is 12.1. The third-order valence-corrected chi connectivity index (χ3v) is 13.6. The Hall–Kier alpha value is -2.11. The minimum Gasteiger partial charge on any atom is -0.462 e. The van der Waals surface area contributed by atoms with E-state index in [0.717, 1.165) is 89.9 Å². The van der Waals surface area contributed by atoms with Gasteiger partial charge in [-0.25, -0.2) is 0 Å². The molecule has 0 aliphatic heterocycles. The van der Waals surface area contributed by atoms with Crippen molar-refractivity contribution in [1.82, 2.24) is 0 Å². The van der Waals surface area contributed by atoms with Crippen molar-refractivity contribution in [3.05, 3.63) is 24.3 Å². The predicted octanol–water partition coefficient (Wildman–Crippen LogP) is 20.3. The molecule has 1 atom stereocenters. The van der Waals surface area contributed by atoms with Crippen LogP contribution in [0.5, 0.6) is 0 Å². The lowest BCUT2D eigenvalue weighted by Gasteiger charge is -2.18. The van der Waals surface area contributed by atoms with Crippen molar-refractivity contribution in [3.8, 4) is 0 Å². The maximum absolute atomic E-state index is 12.7. The Morgan fingerprint density at radius 2 is 0.515 bits per heavy atom. The van der Waals surface area contributed by atoms with Gasteiger partial charge in [-0.2, -0.15) is 0 Å². The molecular weight excluding hydrogens is 841 g/mol. The topological polar surface area (TPSA) is 78.9 Å². The number of unbranched alkanes of at least 4 members (excludes halogenated alkanes) is 41. The molecule has 0 rings (SSSR count). The van der Waals surface area contributed by atoms with Crippen molar-refractivity contribution in [2.75, 3.05) is 13.2 Å². The van der Waals surface area contributed by atoms with Crippen LogP contribution in [0.25, 0.3) is 0 Å². The molecule has 0 amide bonds. The molecule has 0 aromatic rings. The van der Waals surface area contributed by atoms with Gasteiger partial charge in [0.05, 0.1) is 0 Å². The fourth-order valence-electron chi connectivity index (χ4n) is 9.10. The Kier molecular flexibility index (Phi) is 55.7. The first-order valence-electron chi connectivity index (χ1n) is 30.3. The lowest BCUT2D eigenvalue weighted by molar-refractivity contribution is -0.167. The van der Waals surface area contributed by atoms with Gasteiger partial charge in [0.1, 0.15) is 13.2 Å². The van der Waals surface area contributed by atoms with Crippen molar-refractivity contribution in [1.29, 1.82) is 0 Å². The first kappa shape index (κ1) is 65.9. The van der Waals surface area contributed by atoms with Gasteiger partial charge in [0.25, 0.3) is 0 Å². The van der Waals surface area contributed by atoms with Crippen LogP contribution in [0.2, 0.25) is 0 Å². The molecule has 0 radical (unpaired) electrons. The van der Waals surface area contributed by atoms with E-state index in [2.05, 4.69) is 45.1 Å². The summed E-state index contributed by atoms with van der Waals surface area (Å²) in [5.41, 5.74) is 0. The van der Waals surface area contributed by atoms with E-state index in [9.17, 15) is 14.4 Å². The number of ether oxygens (including phenoxy) is 3. The summed E-state index contributed by atoms with van der Waals surface area (Å²) in [6.45, 7) is 6.54. The maximum Gasteiger partial charge on any atom is 0.306 e. The summed E-state index contributed by atoms with van der Waals surface area (Å²) >= 11 is 0. The van der Waals surface area contributed by atoms with E-state index in [1.807, 2.05) is 0 Å². The van der Waals surface area contributed by atoms with E-state index in [1.54, 1.807) is 0 Å². The molecule has 0 heterocycles. The van der Waals surface area contributed by atoms with Gasteiger partial charge in [-0.1, -0.05) is 283 Å². The van der Waals surface area contributed by atoms with Crippen LogP contribution in [-0.2, 0) is 28.6 Å². The summed E-state index contributed by atoms with van der Waals surface area (Å²) in [5.74, 6) is -0.881. The molecule has 0 spiro atoms. The van der Waals surface area contributed by atoms with Crippen LogP contribution in [-0.4, -0.2) is 37.2 Å². The largest absolute Gasteiger partial charge is 0.462 e. The van der Waals surface area contributed by atoms with Crippen LogP contribution in [0.3, 0.4) is 0 Å². The number of hydrogen-bond donors (Lipinski definition) is 0. The molecule has 0 fully saturated rings. The SMILES string of the molecule is CCC/C=C\CCCCCCCC(=O)OCC(COC(=O)CCCCCCCCCCCCCCCCCCCCCCCCCCCCCCCC)OC(=O)CCCCCCC/C=C\CCC. The fourth-order valence-corrected chi connectivity index (χ4v) is 9.10. The van der Waals surface area contributed by atoms with Crippen LogP contribution in [0.15, 0.2) is 24.3 Å². The molecule has 0 aromatic heterocycles. The van der Waals surface area contributed by atoms with Gasteiger partial charge in [0.15, 0.2) is 6.10 Å². The molecule has 0 saturated heterocycles. The second kappa shape index (κ2) is 57.5. The molecule has 0 aromatic carbocycles. The number of allylic oxidation sites excluding steroid dienone is 4. The molecule has 68 heavy (non-hydrogen) atoms. The van der Waals surface area contributed by atoms with Gasteiger partial charge in [-0.3, -0.25) is 14.4 Å². The lowest BCUT2D eigenvalue weighted by Crippen LogP contribution is -2.30. The molecule has 6 heteroatoms. The molecule has 0 N–H and O–H groups in total. The molecule has 0 aliphatic carbocycles. The minimum atomic E-state index is -0.774. The van der Waals surface area contributed by atoms with Crippen molar-refractivity contribution in [2.24, 2.45) is 0 Å². The third kappa shape index (κ3) is 54.8. The van der Waals surface area contributed by atoms with Crippen LogP contribution in [0, 0.1) is 0 Å². The first-order chi connectivity index (χ1) is 33.5. The van der Waals surface area contributed by atoms with E-state index in [4.69, 9.17) is 14.2 Å². The van der Waals surface area contributed by atoms with Crippen LogP contribution < -0.4 is 0 Å². The average molecular weight is 958 g/mol. The quantitative estimate of drug-likeness (QED) is 0.0262. The van der Waals surface area contributed by atoms with Crippen molar-refractivity contribution < 1.29 is 28.6 Å². The monoisotopic (exact) mass is 957 g/mol. The second-order valence-electron chi connectivity index (χ2n) is 20.6. The Morgan fingerprint density at radius 1 is 0.279 bits per heavy atom. The van der Waals surface area contributed by atoms with E-state index in [1.165, 1.54) is 205 Å². The number of carbonyl (C=O) groups is 3. The summed E-state index contributed by atoms with van der Waals surface area (Å²) in [4.78, 5) is 37.9. The molecule has 0 bridgehead atoms. The molecule has 0 aliphatic rings. The molecular formula is C62H116O6. The highest BCUT2D eigenvalue weighted by Crippen LogP contribution is 2.18. The van der Waals surface area contributed by atoms with Crippen molar-refractivity contribution in [3.63, 3.8) is 0 Å². The highest BCUT2D eigenvalue weighted by molar-refractivity contribution is 5.71. The molecule has 400 valence electrons. The maximum atomic E-state index is 12.7. The smallest absolute Gasteiger partial charge is 0.306 e. The highest BCUT2D eigenvalue weighted by atomic mass is 16.6. The first-order valence-corrected chi connectivity index (χ1v) is 30.3. The molecule has 6 nitrogen and oxygen atoms in total. The van der Waals surface area contributed by atoms with E-state index in [0.29, 0.717) is 19.3 Å². The van der Waals surface area contributed by atoms with Crippen LogP contribution in [0.1, 0.15) is 335 Å². The van der Waals surface area contributed by atoms with Gasteiger partial charge in [0.2, 0.25) is 0 Å². The zero-order valence-electron chi connectivity index (χ0n) is 45.9. The number of esters is 3. The highest BCUT2D eigenvalue weighted by Gasteiger charge is 2.19. The molecule has 1 unspecified atom stereocenters. The van der Waals surface area contributed by atoms with Gasteiger partial charge in [-0.15, -0.1) is 0 Å². The van der Waals surface area contributed by atoms with E-state index < -0.39 is 6.10 Å². The molecule has 0 saturated carbocycles. The number of carbonyl (C=O) groups excluding carboxylic acids is 3. The summed E-state index contributed by atoms with van der Waals surface area (Å²) < 4.78 is 16.8. The summed E-state index contributed by atoms with van der Waals surface area (Å²) in [7, 11) is 0. The lowest BCUT2D eigenvalue weighted by atomic mass is 10.0. The summed E-state index contributed by atoms with van der Waals surface area (Å²) in [5, 5.41) is 0. The summed E-state index contributed by atoms with van der Waals surface area (Å²) in [6.07, 6.45) is 68.0. The van der Waals surface area contributed by atoms with Gasteiger partial charge >= 0.3 is 17.9 Å². The van der Waals surface area contributed by atoms with Gasteiger partial charge in [-0.05, 0) is 57.8 Å². The van der Waals surface area contributed by atoms with E-state index >= 15 is 0 Å². The number of rotatable bonds is 56. The fraction of sp³-hybridized carbons (Fsp3) is 0.887. The van der Waals surface area contributed by atoms with Crippen molar-refractivity contribution >= 4 is 17.9 Å². The standard InChI is InChI=1S/C62H116O6/c1-4-7-10-13-16-19-22-23-24-25-26-27-28-29-30-31-32-33-34-35-36-37-38-39-40-41-44-46-49-52-55-61(64)67-58-59(68-62(65)56-53-50-47-43-21-18-15-12-9-6-3)57-66-60(63)54-51-48-45-42-20-17-14-11-8-5-2/h11-12,14-15,59H,4-10,13,16-58H2,1-3H3/b14-11-,15-12-. The summed E-state index contributed by atoms with van der Waals surface area (Å²) in [6, 6.07) is 0. The van der Waals surface area contributed by atoms with Gasteiger partial charge < -0.3 is 14.2 Å². The third-order valence-electron chi connectivity index (χ3n) is 13.6. The Morgan fingerprint density at radius 3 is 0.794 bits per heavy atom. The Bertz CT molecular complexity index is 1100. The zero-order valence-corrected chi connectivity index (χ0v) is 45.9. The van der Waals surface area contributed by atoms with Crippen LogP contribution in [0.4, 0.5) is 0 Å². The predicted molar refractivity (Wildman–Crippen MR) is 293 cm³/mol. The van der Waals surface area contributed by atoms with E-state index in [-0.39, 0.29) is 31.1 Å². The Labute approximate surface area is 423 Å².